The number of aromatic nitrogens is 2. The van der Waals surface area contributed by atoms with Gasteiger partial charge in [-0.2, -0.15) is 5.10 Å². The Kier molecular flexibility index (Phi) is 5.08. The van der Waals surface area contributed by atoms with Gasteiger partial charge in [0, 0.05) is 10.9 Å². The van der Waals surface area contributed by atoms with E-state index in [0.717, 1.165) is 25.4 Å². The molecule has 1 aromatic heterocycles. The Morgan fingerprint density at radius 2 is 1.79 bits per heavy atom. The number of H-pyrrole nitrogens is 1. The van der Waals surface area contributed by atoms with Crippen molar-refractivity contribution in [2.24, 2.45) is 0 Å². The van der Waals surface area contributed by atoms with Gasteiger partial charge in [0.1, 0.15) is 12.3 Å². The van der Waals surface area contributed by atoms with Gasteiger partial charge in [-0.1, -0.05) is 18.2 Å². The molecule has 28 heavy (non-hydrogen) atoms. The monoisotopic (exact) mass is 379 g/mol. The van der Waals surface area contributed by atoms with Crippen LogP contribution in [0, 0.1) is 0 Å². The molecule has 7 heteroatoms. The molecule has 1 aliphatic heterocycles. The third kappa shape index (κ3) is 3.61. The molecule has 0 bridgehead atoms. The summed E-state index contributed by atoms with van der Waals surface area (Å²) in [7, 11) is 1.66. The highest BCUT2D eigenvalue weighted by Gasteiger charge is 2.27. The quantitative estimate of drug-likeness (QED) is 0.691. The number of carbonyl (C=O) groups excluding carboxylic acids is 1. The van der Waals surface area contributed by atoms with Crippen molar-refractivity contribution in [3.63, 3.8) is 0 Å². The van der Waals surface area contributed by atoms with Crippen molar-refractivity contribution in [3.05, 3.63) is 70.1 Å². The maximum Gasteiger partial charge on any atom is 0.275 e. The second-order valence-electron chi connectivity index (χ2n) is 7.01. The zero-order valence-electron chi connectivity index (χ0n) is 15.8. The van der Waals surface area contributed by atoms with Gasteiger partial charge in [-0.15, -0.1) is 0 Å². The van der Waals surface area contributed by atoms with Gasteiger partial charge in [0.25, 0.3) is 11.5 Å². The maximum absolute atomic E-state index is 13.0. The molecule has 7 nitrogen and oxygen atoms in total. The van der Waals surface area contributed by atoms with E-state index < -0.39 is 0 Å². The summed E-state index contributed by atoms with van der Waals surface area (Å²) in [6, 6.07) is 15.2. The van der Waals surface area contributed by atoms with Gasteiger partial charge in [-0.05, 0) is 30.3 Å². The van der Waals surface area contributed by atoms with E-state index in [9.17, 15) is 9.59 Å². The molecular formula is C21H23N4O3+. The second kappa shape index (κ2) is 7.82. The molecule has 1 amide bonds. The zero-order valence-corrected chi connectivity index (χ0v) is 15.8. The second-order valence-corrected chi connectivity index (χ2v) is 7.01. The van der Waals surface area contributed by atoms with E-state index in [2.05, 4.69) is 22.3 Å². The van der Waals surface area contributed by atoms with E-state index in [-0.39, 0.29) is 11.5 Å². The largest absolute Gasteiger partial charge is 0.497 e. The standard InChI is InChI=1S/C21H22N4O3/c1-28-16-8-6-15(7-9-16)14-24-10-12-25(13-11-24)21(27)19-17-4-2-3-5-18(17)20(26)23-22-19/h2-9H,10-14H2,1H3,(H,23,26)/p+1. The van der Waals surface area contributed by atoms with Gasteiger partial charge in [0.15, 0.2) is 5.69 Å². The predicted octanol–water partition coefficient (Wildman–Crippen LogP) is 0.473. The van der Waals surface area contributed by atoms with Crippen LogP contribution in [0.2, 0.25) is 0 Å². The maximum atomic E-state index is 13.0. The summed E-state index contributed by atoms with van der Waals surface area (Å²) in [4.78, 5) is 28.2. The number of hydrogen-bond donors (Lipinski definition) is 2. The van der Waals surface area contributed by atoms with Crippen molar-refractivity contribution in [2.45, 2.75) is 6.54 Å². The topological polar surface area (TPSA) is 79.7 Å². The third-order valence-corrected chi connectivity index (χ3v) is 5.27. The van der Waals surface area contributed by atoms with Crippen molar-refractivity contribution in [1.82, 2.24) is 15.1 Å². The van der Waals surface area contributed by atoms with Crippen molar-refractivity contribution >= 4 is 16.7 Å². The number of ether oxygens (including phenoxy) is 1. The number of carbonyl (C=O) groups is 1. The average Bonchev–Trinajstić information content (AvgIpc) is 2.75. The number of aromatic amines is 1. The first kappa shape index (κ1) is 18.2. The van der Waals surface area contributed by atoms with E-state index in [4.69, 9.17) is 4.74 Å². The highest BCUT2D eigenvalue weighted by atomic mass is 16.5. The number of fused-ring (bicyclic) bond motifs is 1. The minimum Gasteiger partial charge on any atom is -0.497 e. The van der Waals surface area contributed by atoms with Crippen molar-refractivity contribution in [3.8, 4) is 5.75 Å². The Bertz CT molecular complexity index is 1040. The van der Waals surface area contributed by atoms with Crippen LogP contribution in [0.3, 0.4) is 0 Å². The highest BCUT2D eigenvalue weighted by molar-refractivity contribution is 6.04. The molecule has 4 rings (SSSR count). The molecule has 1 saturated heterocycles. The van der Waals surface area contributed by atoms with Gasteiger partial charge >= 0.3 is 0 Å². The van der Waals surface area contributed by atoms with Crippen LogP contribution in [0.15, 0.2) is 53.3 Å². The summed E-state index contributed by atoms with van der Waals surface area (Å²) in [6.07, 6.45) is 0. The Morgan fingerprint density at radius 3 is 2.46 bits per heavy atom. The fraction of sp³-hybridized carbons (Fsp3) is 0.286. The van der Waals surface area contributed by atoms with Crippen molar-refractivity contribution < 1.29 is 14.4 Å². The predicted molar refractivity (Wildman–Crippen MR) is 106 cm³/mol. The zero-order chi connectivity index (χ0) is 19.5. The Labute approximate surface area is 162 Å². The lowest BCUT2D eigenvalue weighted by molar-refractivity contribution is -0.917. The SMILES string of the molecule is COc1ccc(C[NH+]2CCN(C(=O)c3n[nH]c(=O)c4ccccc34)CC2)cc1. The third-order valence-electron chi connectivity index (χ3n) is 5.27. The number of quaternary nitrogens is 1. The minimum absolute atomic E-state index is 0.129. The summed E-state index contributed by atoms with van der Waals surface area (Å²) in [6.45, 7) is 4.00. The minimum atomic E-state index is -0.277. The molecule has 0 atom stereocenters. The van der Waals surface area contributed by atoms with Gasteiger partial charge in [0.2, 0.25) is 0 Å². The fourth-order valence-corrected chi connectivity index (χ4v) is 3.66. The summed E-state index contributed by atoms with van der Waals surface area (Å²) in [5.74, 6) is 0.728. The highest BCUT2D eigenvalue weighted by Crippen LogP contribution is 2.15. The molecule has 2 heterocycles. The van der Waals surface area contributed by atoms with Crippen LogP contribution < -0.4 is 15.2 Å². The van der Waals surface area contributed by atoms with E-state index >= 15 is 0 Å². The summed E-state index contributed by atoms with van der Waals surface area (Å²) >= 11 is 0. The number of nitrogens with one attached hydrogen (secondary N) is 2. The number of amides is 1. The van der Waals surface area contributed by atoms with Crippen LogP contribution >= 0.6 is 0 Å². The number of piperazine rings is 1. The molecule has 1 aliphatic rings. The lowest BCUT2D eigenvalue weighted by atomic mass is 10.1. The lowest BCUT2D eigenvalue weighted by Gasteiger charge is -2.32. The van der Waals surface area contributed by atoms with Crippen LogP contribution in [0.5, 0.6) is 5.75 Å². The van der Waals surface area contributed by atoms with Crippen LogP contribution in [0.25, 0.3) is 10.8 Å². The van der Waals surface area contributed by atoms with Crippen LogP contribution in [-0.2, 0) is 6.54 Å². The normalized spacial score (nSPS) is 15.0. The average molecular weight is 379 g/mol. The first-order chi connectivity index (χ1) is 13.7. The number of rotatable bonds is 4. The van der Waals surface area contributed by atoms with E-state index in [1.807, 2.05) is 23.1 Å². The lowest BCUT2D eigenvalue weighted by Crippen LogP contribution is -3.13. The molecule has 144 valence electrons. The Hall–Kier alpha value is -3.19. The van der Waals surface area contributed by atoms with E-state index in [0.29, 0.717) is 29.6 Å². The molecule has 3 aromatic rings. The summed E-state index contributed by atoms with van der Waals surface area (Å²) in [5, 5.41) is 7.57. The number of benzene rings is 2. The molecule has 2 N–H and O–H groups in total. The number of hydrogen-bond acceptors (Lipinski definition) is 4. The molecule has 0 unspecified atom stereocenters. The molecule has 1 fully saturated rings. The molecule has 0 saturated carbocycles. The van der Waals surface area contributed by atoms with Gasteiger partial charge in [0.05, 0.1) is 38.7 Å². The van der Waals surface area contributed by atoms with Crippen LogP contribution in [-0.4, -0.2) is 54.3 Å². The molecule has 0 radical (unpaired) electrons. The number of methoxy groups -OCH3 is 1. The smallest absolute Gasteiger partial charge is 0.275 e. The van der Waals surface area contributed by atoms with Crippen LogP contribution in [0.1, 0.15) is 16.1 Å². The van der Waals surface area contributed by atoms with Gasteiger partial charge in [-0.3, -0.25) is 9.59 Å². The van der Waals surface area contributed by atoms with Gasteiger partial charge in [-0.25, -0.2) is 5.10 Å². The van der Waals surface area contributed by atoms with E-state index in [1.54, 1.807) is 25.3 Å². The molecular weight excluding hydrogens is 356 g/mol. The first-order valence-electron chi connectivity index (χ1n) is 9.39. The van der Waals surface area contributed by atoms with Crippen molar-refractivity contribution in [1.29, 1.82) is 0 Å². The van der Waals surface area contributed by atoms with Gasteiger partial charge < -0.3 is 14.5 Å². The number of nitrogens with zero attached hydrogens (tertiary/aromatic N) is 2. The Morgan fingerprint density at radius 1 is 1.11 bits per heavy atom. The van der Waals surface area contributed by atoms with Crippen molar-refractivity contribution in [2.75, 3.05) is 33.3 Å². The summed E-state index contributed by atoms with van der Waals surface area (Å²) < 4.78 is 5.20. The molecule has 2 aromatic carbocycles. The van der Waals surface area contributed by atoms with E-state index in [1.165, 1.54) is 10.5 Å². The first-order valence-corrected chi connectivity index (χ1v) is 9.39. The molecule has 0 aliphatic carbocycles. The summed E-state index contributed by atoms with van der Waals surface area (Å²) in [5.41, 5.74) is 1.29. The fourth-order valence-electron chi connectivity index (χ4n) is 3.66. The van der Waals surface area contributed by atoms with Crippen LogP contribution in [0.4, 0.5) is 0 Å². The Balaban J connectivity index is 1.43. The molecule has 0 spiro atoms.